The summed E-state index contributed by atoms with van der Waals surface area (Å²) in [5, 5.41) is 1.22. The third-order valence-corrected chi connectivity index (χ3v) is 6.27. The van der Waals surface area contributed by atoms with Crippen LogP contribution < -0.4 is 0 Å². The second-order valence-electron chi connectivity index (χ2n) is 4.87. The van der Waals surface area contributed by atoms with Crippen LogP contribution in [0.15, 0.2) is 0 Å². The Balaban J connectivity index is 2.21. The van der Waals surface area contributed by atoms with Crippen LogP contribution in [0.2, 0.25) is 0 Å². The molecule has 14 heavy (non-hydrogen) atoms. The fourth-order valence-electron chi connectivity index (χ4n) is 2.04. The molecule has 0 aromatic carbocycles. The molecule has 0 spiro atoms. The van der Waals surface area contributed by atoms with Crippen LogP contribution >= 0.6 is 27.7 Å². The van der Waals surface area contributed by atoms with Gasteiger partial charge in [0.25, 0.3) is 0 Å². The van der Waals surface area contributed by atoms with Gasteiger partial charge in [-0.05, 0) is 35.7 Å². The molecular formula is C12H23BrS. The van der Waals surface area contributed by atoms with Crippen molar-refractivity contribution in [1.82, 2.24) is 0 Å². The van der Waals surface area contributed by atoms with E-state index in [1.807, 2.05) is 0 Å². The standard InChI is InChI=1S/C12H23BrS/c1-3-11(2)8-14-10-12(9-13)6-4-5-7-12/h11H,3-10H2,1-2H3. The van der Waals surface area contributed by atoms with Crippen molar-refractivity contribution in [3.8, 4) is 0 Å². The Morgan fingerprint density at radius 1 is 1.36 bits per heavy atom. The van der Waals surface area contributed by atoms with E-state index in [4.69, 9.17) is 0 Å². The summed E-state index contributed by atoms with van der Waals surface area (Å²) in [7, 11) is 0. The van der Waals surface area contributed by atoms with E-state index in [0.29, 0.717) is 5.41 Å². The summed E-state index contributed by atoms with van der Waals surface area (Å²) in [6.45, 7) is 4.66. The lowest BCUT2D eigenvalue weighted by Crippen LogP contribution is -2.22. The molecule has 0 saturated heterocycles. The first-order valence-corrected chi connectivity index (χ1v) is 8.14. The van der Waals surface area contributed by atoms with Gasteiger partial charge in [0.2, 0.25) is 0 Å². The molecule has 0 heterocycles. The van der Waals surface area contributed by atoms with Gasteiger partial charge >= 0.3 is 0 Å². The van der Waals surface area contributed by atoms with Gasteiger partial charge < -0.3 is 0 Å². The molecule has 0 N–H and O–H groups in total. The fourth-order valence-corrected chi connectivity index (χ4v) is 4.64. The second kappa shape index (κ2) is 6.42. The number of hydrogen-bond donors (Lipinski definition) is 0. The summed E-state index contributed by atoms with van der Waals surface area (Å²) < 4.78 is 0. The molecule has 1 fully saturated rings. The van der Waals surface area contributed by atoms with Crippen molar-refractivity contribution in [2.75, 3.05) is 16.8 Å². The van der Waals surface area contributed by atoms with Gasteiger partial charge in [-0.3, -0.25) is 0 Å². The van der Waals surface area contributed by atoms with Crippen LogP contribution in [0.4, 0.5) is 0 Å². The minimum Gasteiger partial charge on any atom is -0.161 e. The first-order valence-electron chi connectivity index (χ1n) is 5.86. The van der Waals surface area contributed by atoms with E-state index in [1.54, 1.807) is 0 Å². The Morgan fingerprint density at radius 2 is 2.00 bits per heavy atom. The van der Waals surface area contributed by atoms with E-state index >= 15 is 0 Å². The Morgan fingerprint density at radius 3 is 2.50 bits per heavy atom. The molecule has 0 amide bonds. The monoisotopic (exact) mass is 278 g/mol. The van der Waals surface area contributed by atoms with Crippen molar-refractivity contribution >= 4 is 27.7 Å². The first-order chi connectivity index (χ1) is 6.72. The van der Waals surface area contributed by atoms with Crippen LogP contribution in [0, 0.1) is 11.3 Å². The lowest BCUT2D eigenvalue weighted by atomic mass is 9.92. The zero-order valence-corrected chi connectivity index (χ0v) is 11.9. The van der Waals surface area contributed by atoms with Crippen molar-refractivity contribution in [2.45, 2.75) is 46.0 Å². The summed E-state index contributed by atoms with van der Waals surface area (Å²) in [5.74, 6) is 3.63. The highest BCUT2D eigenvalue weighted by molar-refractivity contribution is 9.09. The largest absolute Gasteiger partial charge is 0.161 e. The van der Waals surface area contributed by atoms with Crippen LogP contribution in [0.5, 0.6) is 0 Å². The quantitative estimate of drug-likeness (QED) is 0.634. The topological polar surface area (TPSA) is 0 Å². The van der Waals surface area contributed by atoms with Crippen LogP contribution in [-0.4, -0.2) is 16.8 Å². The van der Waals surface area contributed by atoms with Gasteiger partial charge in [0.05, 0.1) is 0 Å². The number of halogens is 1. The van der Waals surface area contributed by atoms with Crippen molar-refractivity contribution in [2.24, 2.45) is 11.3 Å². The van der Waals surface area contributed by atoms with Crippen molar-refractivity contribution in [3.05, 3.63) is 0 Å². The molecule has 1 aliphatic rings. The third kappa shape index (κ3) is 3.77. The summed E-state index contributed by atoms with van der Waals surface area (Å²) in [4.78, 5) is 0. The molecule has 0 aromatic rings. The maximum absolute atomic E-state index is 3.70. The second-order valence-corrected chi connectivity index (χ2v) is 6.46. The van der Waals surface area contributed by atoms with Gasteiger partial charge in [0.15, 0.2) is 0 Å². The SMILES string of the molecule is CCC(C)CSCC1(CBr)CCCC1. The molecule has 1 rings (SSSR count). The molecular weight excluding hydrogens is 256 g/mol. The molecule has 1 unspecified atom stereocenters. The highest BCUT2D eigenvalue weighted by Gasteiger charge is 2.32. The normalized spacial score (nSPS) is 22.5. The molecule has 84 valence electrons. The predicted octanol–water partition coefficient (Wildman–Crippen LogP) is 4.72. The van der Waals surface area contributed by atoms with Crippen LogP contribution in [0.1, 0.15) is 46.0 Å². The van der Waals surface area contributed by atoms with Gasteiger partial charge in [-0.15, -0.1) is 0 Å². The van der Waals surface area contributed by atoms with E-state index < -0.39 is 0 Å². The van der Waals surface area contributed by atoms with Gasteiger partial charge in [-0.25, -0.2) is 0 Å². The Labute approximate surface area is 102 Å². The Hall–Kier alpha value is 0.830. The number of alkyl halides is 1. The number of hydrogen-bond acceptors (Lipinski definition) is 1. The zero-order chi connectivity index (χ0) is 10.4. The lowest BCUT2D eigenvalue weighted by molar-refractivity contribution is 0.405. The van der Waals surface area contributed by atoms with Gasteiger partial charge in [0, 0.05) is 5.33 Å². The average Bonchev–Trinajstić information content (AvgIpc) is 2.67. The predicted molar refractivity (Wildman–Crippen MR) is 71.5 cm³/mol. The van der Waals surface area contributed by atoms with Crippen molar-refractivity contribution < 1.29 is 0 Å². The maximum atomic E-state index is 3.70. The maximum Gasteiger partial charge on any atom is 0.00958 e. The van der Waals surface area contributed by atoms with Crippen LogP contribution in [-0.2, 0) is 0 Å². The zero-order valence-electron chi connectivity index (χ0n) is 9.52. The minimum atomic E-state index is 0.651. The minimum absolute atomic E-state index is 0.651. The molecule has 1 atom stereocenters. The van der Waals surface area contributed by atoms with E-state index in [9.17, 15) is 0 Å². The smallest absolute Gasteiger partial charge is 0.00958 e. The third-order valence-electron chi connectivity index (χ3n) is 3.46. The van der Waals surface area contributed by atoms with E-state index in [2.05, 4.69) is 41.5 Å². The summed E-state index contributed by atoms with van der Waals surface area (Å²) in [6, 6.07) is 0. The Kier molecular flexibility index (Phi) is 5.91. The molecule has 0 aliphatic heterocycles. The van der Waals surface area contributed by atoms with E-state index in [-0.39, 0.29) is 0 Å². The van der Waals surface area contributed by atoms with E-state index in [1.165, 1.54) is 48.9 Å². The molecule has 0 bridgehead atoms. The number of rotatable bonds is 6. The highest BCUT2D eigenvalue weighted by Crippen LogP contribution is 2.42. The lowest BCUT2D eigenvalue weighted by Gasteiger charge is -2.26. The molecule has 1 aliphatic carbocycles. The average molecular weight is 279 g/mol. The van der Waals surface area contributed by atoms with Gasteiger partial charge in [0.1, 0.15) is 0 Å². The molecule has 2 heteroatoms. The van der Waals surface area contributed by atoms with Crippen LogP contribution in [0.25, 0.3) is 0 Å². The highest BCUT2D eigenvalue weighted by atomic mass is 79.9. The summed E-state index contributed by atoms with van der Waals surface area (Å²) >= 11 is 5.88. The molecule has 0 nitrogen and oxygen atoms in total. The first kappa shape index (κ1) is 12.9. The van der Waals surface area contributed by atoms with Crippen molar-refractivity contribution in [3.63, 3.8) is 0 Å². The fraction of sp³-hybridized carbons (Fsp3) is 1.00. The molecule has 0 aromatic heterocycles. The van der Waals surface area contributed by atoms with Gasteiger partial charge in [-0.2, -0.15) is 11.8 Å². The Bertz CT molecular complexity index is 152. The summed E-state index contributed by atoms with van der Waals surface area (Å²) in [5.41, 5.74) is 0.651. The van der Waals surface area contributed by atoms with Crippen molar-refractivity contribution in [1.29, 1.82) is 0 Å². The molecule has 1 saturated carbocycles. The summed E-state index contributed by atoms with van der Waals surface area (Å²) in [6.07, 6.45) is 7.14. The van der Waals surface area contributed by atoms with E-state index in [0.717, 1.165) is 5.92 Å². The van der Waals surface area contributed by atoms with Gasteiger partial charge in [-0.1, -0.05) is 49.0 Å². The number of thioether (sulfide) groups is 1. The molecule has 0 radical (unpaired) electrons. The van der Waals surface area contributed by atoms with Crippen LogP contribution in [0.3, 0.4) is 0 Å².